The Labute approximate surface area is 102 Å². The van der Waals surface area contributed by atoms with E-state index in [1.54, 1.807) is 11.1 Å². The molecule has 1 heterocycles. The molecule has 1 fully saturated rings. The zero-order valence-corrected chi connectivity index (χ0v) is 10.6. The number of hydrogen-bond acceptors (Lipinski definition) is 2. The van der Waals surface area contributed by atoms with Crippen molar-refractivity contribution >= 4 is 11.8 Å². The lowest BCUT2D eigenvalue weighted by Gasteiger charge is -2.35. The summed E-state index contributed by atoms with van der Waals surface area (Å²) in [5, 5.41) is 4.52. The van der Waals surface area contributed by atoms with E-state index >= 15 is 0 Å². The van der Waals surface area contributed by atoms with Gasteiger partial charge < -0.3 is 5.32 Å². The molecule has 1 aliphatic carbocycles. The van der Waals surface area contributed by atoms with Gasteiger partial charge in [-0.3, -0.25) is 0 Å². The van der Waals surface area contributed by atoms with Crippen LogP contribution in [0.25, 0.3) is 0 Å². The quantitative estimate of drug-likeness (QED) is 0.737. The van der Waals surface area contributed by atoms with Crippen LogP contribution < -0.4 is 5.32 Å². The van der Waals surface area contributed by atoms with Crippen molar-refractivity contribution in [2.24, 2.45) is 0 Å². The number of thioether (sulfide) groups is 1. The van der Waals surface area contributed by atoms with Crippen LogP contribution in [0, 0.1) is 0 Å². The van der Waals surface area contributed by atoms with Gasteiger partial charge in [-0.25, -0.2) is 0 Å². The molecule has 3 rings (SSSR count). The molecule has 1 saturated heterocycles. The largest absolute Gasteiger partial charge is 0.309 e. The van der Waals surface area contributed by atoms with Crippen LogP contribution in [0.2, 0.25) is 0 Å². The van der Waals surface area contributed by atoms with Crippen LogP contribution in [0.5, 0.6) is 0 Å². The zero-order chi connectivity index (χ0) is 11.0. The standard InChI is InChI=1S/C14H19NS/c1-10-9-13-14(15-7-4-8-16-13)12-6-3-2-5-11(10)12/h2-3,5-6,10,13-15H,4,7-9H2,1H3. The molecule has 0 radical (unpaired) electrons. The monoisotopic (exact) mass is 233 g/mol. The van der Waals surface area contributed by atoms with Crippen molar-refractivity contribution in [1.82, 2.24) is 5.32 Å². The van der Waals surface area contributed by atoms with E-state index in [-0.39, 0.29) is 0 Å². The number of nitrogens with one attached hydrogen (secondary N) is 1. The molecular weight excluding hydrogens is 214 g/mol. The predicted molar refractivity (Wildman–Crippen MR) is 71.1 cm³/mol. The van der Waals surface area contributed by atoms with E-state index in [9.17, 15) is 0 Å². The summed E-state index contributed by atoms with van der Waals surface area (Å²) in [7, 11) is 0. The van der Waals surface area contributed by atoms with Crippen LogP contribution >= 0.6 is 11.8 Å². The lowest BCUT2D eigenvalue weighted by molar-refractivity contribution is 0.453. The third-order valence-corrected chi connectivity index (χ3v) is 5.25. The molecule has 0 aromatic heterocycles. The number of fused-ring (bicyclic) bond motifs is 3. The summed E-state index contributed by atoms with van der Waals surface area (Å²) < 4.78 is 0. The fourth-order valence-electron chi connectivity index (χ4n) is 3.02. The predicted octanol–water partition coefficient (Wildman–Crippen LogP) is 3.33. The van der Waals surface area contributed by atoms with Crippen molar-refractivity contribution in [3.8, 4) is 0 Å². The molecule has 0 bridgehead atoms. The van der Waals surface area contributed by atoms with Gasteiger partial charge in [-0.1, -0.05) is 31.2 Å². The number of hydrogen-bond donors (Lipinski definition) is 1. The van der Waals surface area contributed by atoms with Crippen LogP contribution in [0.1, 0.15) is 42.9 Å². The molecule has 0 amide bonds. The Balaban J connectivity index is 2.00. The van der Waals surface area contributed by atoms with Gasteiger partial charge in [0, 0.05) is 11.3 Å². The molecule has 0 saturated carbocycles. The van der Waals surface area contributed by atoms with E-state index in [0.717, 1.165) is 11.2 Å². The van der Waals surface area contributed by atoms with E-state index < -0.39 is 0 Å². The summed E-state index contributed by atoms with van der Waals surface area (Å²) in [5.74, 6) is 2.05. The van der Waals surface area contributed by atoms with Crippen molar-refractivity contribution in [2.45, 2.75) is 37.0 Å². The van der Waals surface area contributed by atoms with E-state index in [1.807, 2.05) is 0 Å². The van der Waals surface area contributed by atoms with Crippen LogP contribution in [0.3, 0.4) is 0 Å². The molecular formula is C14H19NS. The van der Waals surface area contributed by atoms with E-state index in [4.69, 9.17) is 0 Å². The molecule has 3 unspecified atom stereocenters. The normalized spacial score (nSPS) is 33.7. The van der Waals surface area contributed by atoms with Crippen LogP contribution in [0.4, 0.5) is 0 Å². The van der Waals surface area contributed by atoms with Gasteiger partial charge in [0.05, 0.1) is 0 Å². The summed E-state index contributed by atoms with van der Waals surface area (Å²) in [6.07, 6.45) is 2.65. The molecule has 2 aliphatic rings. The highest BCUT2D eigenvalue weighted by Gasteiger charge is 2.33. The highest BCUT2D eigenvalue weighted by Crippen LogP contribution is 2.43. The summed E-state index contributed by atoms with van der Waals surface area (Å²) >= 11 is 2.17. The molecule has 1 aromatic rings. The first-order valence-electron chi connectivity index (χ1n) is 6.30. The molecule has 3 atom stereocenters. The average Bonchev–Trinajstić information content (AvgIpc) is 2.55. The van der Waals surface area contributed by atoms with Crippen LogP contribution in [-0.2, 0) is 0 Å². The Morgan fingerprint density at radius 3 is 2.94 bits per heavy atom. The van der Waals surface area contributed by atoms with E-state index in [0.29, 0.717) is 6.04 Å². The fourth-order valence-corrected chi connectivity index (χ4v) is 4.50. The summed E-state index contributed by atoms with van der Waals surface area (Å²) in [6, 6.07) is 9.60. The minimum absolute atomic E-state index is 0.597. The van der Waals surface area contributed by atoms with Gasteiger partial charge in [0.2, 0.25) is 0 Å². The summed E-state index contributed by atoms with van der Waals surface area (Å²) in [6.45, 7) is 3.55. The third kappa shape index (κ3) is 1.78. The van der Waals surface area contributed by atoms with E-state index in [1.165, 1.54) is 25.1 Å². The van der Waals surface area contributed by atoms with Crippen molar-refractivity contribution < 1.29 is 0 Å². The Morgan fingerprint density at radius 1 is 1.25 bits per heavy atom. The minimum atomic E-state index is 0.597. The van der Waals surface area contributed by atoms with Crippen molar-refractivity contribution in [3.63, 3.8) is 0 Å². The molecule has 1 aromatic carbocycles. The molecule has 16 heavy (non-hydrogen) atoms. The molecule has 1 nitrogen and oxygen atoms in total. The van der Waals surface area contributed by atoms with Crippen molar-refractivity contribution in [1.29, 1.82) is 0 Å². The van der Waals surface area contributed by atoms with Gasteiger partial charge in [0.15, 0.2) is 0 Å². The Hall–Kier alpha value is -0.470. The molecule has 1 aliphatic heterocycles. The highest BCUT2D eigenvalue weighted by atomic mass is 32.2. The molecule has 0 spiro atoms. The van der Waals surface area contributed by atoms with Crippen LogP contribution in [-0.4, -0.2) is 17.5 Å². The second kappa shape index (κ2) is 4.42. The molecule has 2 heteroatoms. The Bertz CT molecular complexity index is 377. The van der Waals surface area contributed by atoms with Gasteiger partial charge in [-0.05, 0) is 42.2 Å². The first-order valence-corrected chi connectivity index (χ1v) is 7.35. The smallest absolute Gasteiger partial charge is 0.0443 e. The van der Waals surface area contributed by atoms with Gasteiger partial charge >= 0.3 is 0 Å². The molecule has 86 valence electrons. The topological polar surface area (TPSA) is 12.0 Å². The number of rotatable bonds is 0. The Morgan fingerprint density at radius 2 is 2.06 bits per heavy atom. The van der Waals surface area contributed by atoms with Crippen LogP contribution in [0.15, 0.2) is 24.3 Å². The maximum atomic E-state index is 3.74. The first-order chi connectivity index (χ1) is 7.86. The van der Waals surface area contributed by atoms with Gasteiger partial charge in [0.1, 0.15) is 0 Å². The SMILES string of the molecule is CC1CC2SCCCNC2c2ccccc21. The third-order valence-electron chi connectivity index (χ3n) is 3.84. The van der Waals surface area contributed by atoms with E-state index in [2.05, 4.69) is 48.3 Å². The maximum absolute atomic E-state index is 3.74. The average molecular weight is 233 g/mol. The second-order valence-electron chi connectivity index (χ2n) is 4.96. The minimum Gasteiger partial charge on any atom is -0.309 e. The summed E-state index contributed by atoms with van der Waals surface area (Å²) in [4.78, 5) is 0. The summed E-state index contributed by atoms with van der Waals surface area (Å²) in [5.41, 5.74) is 3.12. The van der Waals surface area contributed by atoms with Crippen molar-refractivity contribution in [2.75, 3.05) is 12.3 Å². The lowest BCUT2D eigenvalue weighted by Crippen LogP contribution is -2.34. The lowest BCUT2D eigenvalue weighted by atomic mass is 9.80. The van der Waals surface area contributed by atoms with Gasteiger partial charge in [-0.15, -0.1) is 0 Å². The number of benzene rings is 1. The van der Waals surface area contributed by atoms with Gasteiger partial charge in [0.25, 0.3) is 0 Å². The Kier molecular flexibility index (Phi) is 2.95. The first kappa shape index (κ1) is 10.7. The maximum Gasteiger partial charge on any atom is 0.0443 e. The zero-order valence-electron chi connectivity index (χ0n) is 9.78. The second-order valence-corrected chi connectivity index (χ2v) is 6.31. The fraction of sp³-hybridized carbons (Fsp3) is 0.571. The highest BCUT2D eigenvalue weighted by molar-refractivity contribution is 7.99. The van der Waals surface area contributed by atoms with Gasteiger partial charge in [-0.2, -0.15) is 11.8 Å². The van der Waals surface area contributed by atoms with Crippen molar-refractivity contribution in [3.05, 3.63) is 35.4 Å². The molecule has 1 N–H and O–H groups in total.